The summed E-state index contributed by atoms with van der Waals surface area (Å²) >= 11 is 0. The minimum Gasteiger partial charge on any atom is -1.00 e. The summed E-state index contributed by atoms with van der Waals surface area (Å²) < 4.78 is 0. The number of halogens is 2. The first kappa shape index (κ1) is 34.6. The molecule has 0 N–H and O–H groups in total. The molecule has 0 unspecified atom stereocenters. The van der Waals surface area contributed by atoms with Crippen LogP contribution in [-0.4, -0.2) is 9.97 Å². The molecule has 0 atom stereocenters. The van der Waals surface area contributed by atoms with Crippen molar-refractivity contribution in [2.45, 2.75) is 53.4 Å². The fourth-order valence-corrected chi connectivity index (χ4v) is 5.10. The maximum absolute atomic E-state index is 4.52. The number of aryl methyl sites for hydroxylation is 2. The van der Waals surface area contributed by atoms with E-state index in [1.807, 2.05) is 12.4 Å². The zero-order valence-electron chi connectivity index (χ0n) is 24.5. The normalized spacial score (nSPS) is 10.5. The van der Waals surface area contributed by atoms with E-state index >= 15 is 0 Å². The molecule has 6 aromatic rings. The van der Waals surface area contributed by atoms with E-state index in [1.54, 1.807) is 0 Å². The Bertz CT molecular complexity index is 1550. The molecule has 0 aliphatic heterocycles. The summed E-state index contributed by atoms with van der Waals surface area (Å²) in [5.74, 6) is 1.09. The van der Waals surface area contributed by atoms with Crippen molar-refractivity contribution in [1.29, 1.82) is 0 Å². The van der Waals surface area contributed by atoms with Gasteiger partial charge in [-0.3, -0.25) is 9.97 Å². The summed E-state index contributed by atoms with van der Waals surface area (Å²) in [5, 5.41) is 5.33. The Morgan fingerprint density at radius 3 is 1.27 bits per heavy atom. The van der Waals surface area contributed by atoms with Gasteiger partial charge in [-0.15, -0.1) is 69.1 Å². The van der Waals surface area contributed by atoms with Crippen LogP contribution in [0.25, 0.3) is 44.1 Å². The molecule has 0 spiro atoms. The second-order valence-electron chi connectivity index (χ2n) is 10.9. The third-order valence-corrected chi connectivity index (χ3v) is 7.23. The quantitative estimate of drug-likeness (QED) is 0.267. The summed E-state index contributed by atoms with van der Waals surface area (Å²) in [4.78, 5) is 9.04. The van der Waals surface area contributed by atoms with Crippen LogP contribution in [0.1, 0.15) is 61.8 Å². The van der Waals surface area contributed by atoms with Gasteiger partial charge in [0, 0.05) is 23.8 Å². The molecular weight excluding hydrogens is 623 g/mol. The maximum atomic E-state index is 4.52. The molecule has 41 heavy (non-hydrogen) atoms. The van der Waals surface area contributed by atoms with Crippen LogP contribution in [0.2, 0.25) is 0 Å². The zero-order valence-corrected chi connectivity index (χ0v) is 28.5. The minimum atomic E-state index is 0. The average Bonchev–Trinajstić information content (AvgIpc) is 3.54. The van der Waals surface area contributed by atoms with Gasteiger partial charge in [0.05, 0.1) is 0 Å². The van der Waals surface area contributed by atoms with E-state index in [-0.39, 0.29) is 51.0 Å². The maximum Gasteiger partial charge on any atom is 4.00 e. The summed E-state index contributed by atoms with van der Waals surface area (Å²) in [6.45, 7) is 13.1. The molecule has 0 bridgehead atoms. The fraction of sp³-hybridized carbons (Fsp3) is 0.222. The van der Waals surface area contributed by atoms with Crippen molar-refractivity contribution in [3.05, 3.63) is 120 Å². The van der Waals surface area contributed by atoms with Crippen molar-refractivity contribution in [1.82, 2.24) is 9.97 Å². The van der Waals surface area contributed by atoms with Gasteiger partial charge in [0.1, 0.15) is 0 Å². The Balaban J connectivity index is 0.000000267. The zero-order chi connectivity index (χ0) is 26.8. The van der Waals surface area contributed by atoms with Gasteiger partial charge in [0.15, 0.2) is 0 Å². The smallest absolute Gasteiger partial charge is 1.00 e. The van der Waals surface area contributed by atoms with Crippen LogP contribution in [-0.2, 0) is 26.2 Å². The second kappa shape index (κ2) is 15.1. The molecule has 4 aromatic carbocycles. The summed E-state index contributed by atoms with van der Waals surface area (Å²) in [6, 6.07) is 30.5. The van der Waals surface area contributed by atoms with Crippen LogP contribution in [0.4, 0.5) is 0 Å². The fourth-order valence-electron chi connectivity index (χ4n) is 5.10. The number of fused-ring (bicyclic) bond motifs is 2. The average molecular weight is 659 g/mol. The molecule has 0 saturated carbocycles. The Hall–Kier alpha value is -2.58. The van der Waals surface area contributed by atoms with E-state index in [2.05, 4.69) is 136 Å². The Labute approximate surface area is 276 Å². The molecule has 208 valence electrons. The van der Waals surface area contributed by atoms with Gasteiger partial charge < -0.3 is 24.8 Å². The molecule has 2 nitrogen and oxygen atoms in total. The van der Waals surface area contributed by atoms with Gasteiger partial charge in [0.25, 0.3) is 0 Å². The van der Waals surface area contributed by atoms with Crippen molar-refractivity contribution in [3.63, 3.8) is 0 Å². The molecule has 0 saturated heterocycles. The van der Waals surface area contributed by atoms with Gasteiger partial charge in [-0.05, 0) is 36.8 Å². The second-order valence-corrected chi connectivity index (χ2v) is 10.9. The van der Waals surface area contributed by atoms with Gasteiger partial charge in [-0.1, -0.05) is 87.4 Å². The molecule has 2 heterocycles. The number of hydrogen-bond donors (Lipinski definition) is 0. The monoisotopic (exact) mass is 656 g/mol. The Kier molecular flexibility index (Phi) is 12.7. The van der Waals surface area contributed by atoms with Crippen molar-refractivity contribution >= 4 is 21.5 Å². The third kappa shape index (κ3) is 7.83. The van der Waals surface area contributed by atoms with Crippen LogP contribution in [0.15, 0.2) is 97.3 Å². The van der Waals surface area contributed by atoms with Crippen LogP contribution >= 0.6 is 0 Å². The predicted octanol–water partition coefficient (Wildman–Crippen LogP) is 4.11. The number of aromatic nitrogens is 2. The molecular formula is C36H36Cl2N2Zr. The van der Waals surface area contributed by atoms with Crippen LogP contribution in [0, 0.1) is 13.8 Å². The van der Waals surface area contributed by atoms with E-state index in [4.69, 9.17) is 0 Å². The van der Waals surface area contributed by atoms with Crippen LogP contribution < -0.4 is 24.8 Å². The minimum absolute atomic E-state index is 0. The summed E-state index contributed by atoms with van der Waals surface area (Å²) in [6.07, 6.45) is 3.85. The number of rotatable bonds is 4. The Morgan fingerprint density at radius 2 is 0.951 bits per heavy atom. The topological polar surface area (TPSA) is 25.8 Å². The van der Waals surface area contributed by atoms with E-state index in [9.17, 15) is 0 Å². The number of pyridine rings is 2. The molecule has 0 radical (unpaired) electrons. The molecule has 0 aliphatic rings. The van der Waals surface area contributed by atoms with Gasteiger partial charge in [-0.25, -0.2) is 0 Å². The SMILES string of the molecule is Cc1ccc(-c2cc3c(C(C)C)cccc3[cH-]2)nc1.Cc1ccc(-c2cc3c(C(C)C)cccc3[cH-]2)nc1.[Cl-].[Cl-].[Zr+4]. The molecule has 0 aliphatic carbocycles. The van der Waals surface area contributed by atoms with Crippen LogP contribution in [0.3, 0.4) is 0 Å². The van der Waals surface area contributed by atoms with Gasteiger partial charge in [-0.2, -0.15) is 0 Å². The van der Waals surface area contributed by atoms with Gasteiger partial charge >= 0.3 is 26.2 Å². The van der Waals surface area contributed by atoms with E-state index in [0.717, 1.165) is 11.4 Å². The van der Waals surface area contributed by atoms with Crippen LogP contribution in [0.5, 0.6) is 0 Å². The first-order chi connectivity index (χ1) is 18.3. The van der Waals surface area contributed by atoms with Crippen molar-refractivity contribution in [3.8, 4) is 22.5 Å². The first-order valence-corrected chi connectivity index (χ1v) is 13.5. The van der Waals surface area contributed by atoms with Crippen molar-refractivity contribution < 1.29 is 51.0 Å². The third-order valence-electron chi connectivity index (χ3n) is 7.23. The summed E-state index contributed by atoms with van der Waals surface area (Å²) in [7, 11) is 0. The number of hydrogen-bond acceptors (Lipinski definition) is 2. The summed E-state index contributed by atoms with van der Waals surface area (Å²) in [5.41, 5.74) is 9.75. The molecule has 5 heteroatoms. The van der Waals surface area contributed by atoms with Gasteiger partial charge in [0.2, 0.25) is 0 Å². The van der Waals surface area contributed by atoms with Crippen molar-refractivity contribution in [2.75, 3.05) is 0 Å². The predicted molar refractivity (Wildman–Crippen MR) is 163 cm³/mol. The number of nitrogens with zero attached hydrogens (tertiary/aromatic N) is 2. The molecule has 2 aromatic heterocycles. The number of benzene rings is 2. The standard InChI is InChI=1S/2C18H18N.2ClH.Zr/c2*1-12(2)16-6-4-5-14-9-15(10-17(14)16)18-8-7-13(3)11-19-18;;;/h2*4-12H,1-3H3;2*1H;/q2*-1;;;+4/p-2. The molecule has 0 amide bonds. The molecule has 0 fully saturated rings. The van der Waals surface area contributed by atoms with E-state index in [0.29, 0.717) is 11.8 Å². The largest absolute Gasteiger partial charge is 4.00 e. The van der Waals surface area contributed by atoms with E-state index < -0.39 is 0 Å². The Morgan fingerprint density at radius 1 is 0.561 bits per heavy atom. The van der Waals surface area contributed by atoms with Crippen molar-refractivity contribution in [2.24, 2.45) is 0 Å². The first-order valence-electron chi connectivity index (χ1n) is 13.5. The van der Waals surface area contributed by atoms with E-state index in [1.165, 1.54) is 54.9 Å². The molecule has 6 rings (SSSR count).